The quantitative estimate of drug-likeness (QED) is 0.568. The van der Waals surface area contributed by atoms with E-state index in [4.69, 9.17) is 4.74 Å². The van der Waals surface area contributed by atoms with Crippen molar-refractivity contribution in [2.45, 2.75) is 18.8 Å². The van der Waals surface area contributed by atoms with Gasteiger partial charge < -0.3 is 4.74 Å². The Morgan fingerprint density at radius 3 is 2.89 bits per heavy atom. The number of amides is 1. The van der Waals surface area contributed by atoms with Gasteiger partial charge in [-0.3, -0.25) is 10.1 Å². The third-order valence-corrected chi connectivity index (χ3v) is 4.88. The highest BCUT2D eigenvalue weighted by Crippen LogP contribution is 2.41. The maximum absolute atomic E-state index is 12.8. The highest BCUT2D eigenvalue weighted by atomic mass is 32.1. The molecular formula is C17H13N7O2S. The first-order valence-electron chi connectivity index (χ1n) is 8.29. The molecule has 134 valence electrons. The lowest BCUT2D eigenvalue weighted by Crippen LogP contribution is -2.14. The monoisotopic (exact) mass is 379 g/mol. The first-order chi connectivity index (χ1) is 13.3. The Morgan fingerprint density at radius 1 is 1.22 bits per heavy atom. The zero-order chi connectivity index (χ0) is 18.2. The fraction of sp³-hybridized carbons (Fsp3) is 0.176. The van der Waals surface area contributed by atoms with E-state index >= 15 is 0 Å². The number of pyridine rings is 1. The first kappa shape index (κ1) is 15.8. The fourth-order valence-electron chi connectivity index (χ4n) is 2.67. The van der Waals surface area contributed by atoms with E-state index in [0.29, 0.717) is 33.8 Å². The van der Waals surface area contributed by atoms with Crippen LogP contribution >= 0.6 is 11.3 Å². The van der Waals surface area contributed by atoms with Gasteiger partial charge in [0.05, 0.1) is 29.8 Å². The molecule has 1 saturated carbocycles. The van der Waals surface area contributed by atoms with E-state index < -0.39 is 0 Å². The zero-order valence-electron chi connectivity index (χ0n) is 13.9. The minimum atomic E-state index is -0.320. The minimum Gasteiger partial charge on any atom is -0.452 e. The maximum atomic E-state index is 12.8. The molecule has 4 heterocycles. The van der Waals surface area contributed by atoms with Gasteiger partial charge in [0.25, 0.3) is 5.91 Å². The van der Waals surface area contributed by atoms with Crippen molar-refractivity contribution < 1.29 is 9.53 Å². The van der Waals surface area contributed by atoms with Crippen LogP contribution in [-0.4, -0.2) is 35.5 Å². The molecule has 1 N–H and O–H groups in total. The summed E-state index contributed by atoms with van der Waals surface area (Å²) in [7, 11) is 0. The number of carbonyl (C=O) groups is 1. The van der Waals surface area contributed by atoms with E-state index in [1.165, 1.54) is 53.7 Å². The predicted octanol–water partition coefficient (Wildman–Crippen LogP) is 2.90. The highest BCUT2D eigenvalue weighted by molar-refractivity contribution is 7.14. The van der Waals surface area contributed by atoms with Crippen LogP contribution in [0.3, 0.4) is 0 Å². The summed E-state index contributed by atoms with van der Waals surface area (Å²) >= 11 is 1.42. The summed E-state index contributed by atoms with van der Waals surface area (Å²) in [5.74, 6) is 1.10. The van der Waals surface area contributed by atoms with E-state index in [2.05, 4.69) is 30.4 Å². The van der Waals surface area contributed by atoms with Crippen LogP contribution in [-0.2, 0) is 0 Å². The molecule has 5 rings (SSSR count). The third-order valence-electron chi connectivity index (χ3n) is 4.11. The number of hydrogen-bond donors (Lipinski definition) is 1. The number of anilines is 1. The molecule has 0 atom stereocenters. The number of thiazole rings is 1. The van der Waals surface area contributed by atoms with Gasteiger partial charge in [-0.25, -0.2) is 24.5 Å². The number of aromatic nitrogens is 6. The van der Waals surface area contributed by atoms with Crippen molar-refractivity contribution in [2.24, 2.45) is 0 Å². The molecule has 1 amide bonds. The van der Waals surface area contributed by atoms with Gasteiger partial charge in [0.15, 0.2) is 16.5 Å². The van der Waals surface area contributed by atoms with Crippen LogP contribution in [0, 0.1) is 0 Å². The Bertz CT molecular complexity index is 1120. The van der Waals surface area contributed by atoms with Gasteiger partial charge in [0.1, 0.15) is 18.4 Å². The van der Waals surface area contributed by atoms with Crippen LogP contribution in [0.1, 0.15) is 34.8 Å². The van der Waals surface area contributed by atoms with Crippen LogP contribution in [0.5, 0.6) is 11.5 Å². The van der Waals surface area contributed by atoms with Crippen molar-refractivity contribution in [1.29, 1.82) is 0 Å². The maximum Gasteiger partial charge on any atom is 0.261 e. The van der Waals surface area contributed by atoms with Crippen LogP contribution in [0.15, 0.2) is 42.7 Å². The van der Waals surface area contributed by atoms with Crippen molar-refractivity contribution in [1.82, 2.24) is 29.5 Å². The Morgan fingerprint density at radius 2 is 2.07 bits per heavy atom. The molecule has 0 aliphatic heterocycles. The molecular weight excluding hydrogens is 366 g/mol. The van der Waals surface area contributed by atoms with Crippen molar-refractivity contribution in [2.75, 3.05) is 5.32 Å². The number of carbonyl (C=O) groups excluding carboxylic acids is 1. The van der Waals surface area contributed by atoms with Gasteiger partial charge >= 0.3 is 0 Å². The molecule has 9 nitrogen and oxygen atoms in total. The van der Waals surface area contributed by atoms with Crippen molar-refractivity contribution in [3.05, 3.63) is 53.9 Å². The largest absolute Gasteiger partial charge is 0.452 e. The number of nitrogens with zero attached hydrogens (tertiary/aromatic N) is 6. The molecule has 4 aromatic heterocycles. The van der Waals surface area contributed by atoms with Gasteiger partial charge in [-0.2, -0.15) is 5.10 Å². The van der Waals surface area contributed by atoms with E-state index in [-0.39, 0.29) is 5.91 Å². The molecule has 0 unspecified atom stereocenters. The molecule has 0 bridgehead atoms. The molecule has 0 saturated heterocycles. The normalized spacial score (nSPS) is 13.6. The second-order valence-corrected chi connectivity index (χ2v) is 6.96. The lowest BCUT2D eigenvalue weighted by molar-refractivity contribution is 0.102. The standard InChI is InChI=1S/C17H13N7O2S/c25-16(23-17-22-14(7-27-17)10-1-2-10)13-3-11(6-24-15(13)20-9-21-24)26-12-4-18-8-19-5-12/h3-10H,1-2H2,(H,22,23,25). The van der Waals surface area contributed by atoms with E-state index in [0.717, 1.165) is 5.69 Å². The average molecular weight is 379 g/mol. The smallest absolute Gasteiger partial charge is 0.261 e. The highest BCUT2D eigenvalue weighted by Gasteiger charge is 2.26. The minimum absolute atomic E-state index is 0.320. The summed E-state index contributed by atoms with van der Waals surface area (Å²) in [5, 5.41) is 9.52. The SMILES string of the molecule is O=C(Nc1nc(C2CC2)cs1)c1cc(Oc2cncnc2)cn2ncnc12. The number of fused-ring (bicyclic) bond motifs is 1. The molecule has 0 aromatic carbocycles. The molecule has 0 spiro atoms. The molecule has 27 heavy (non-hydrogen) atoms. The molecule has 1 aliphatic rings. The van der Waals surface area contributed by atoms with Crippen LogP contribution in [0.25, 0.3) is 5.65 Å². The molecule has 10 heteroatoms. The van der Waals surface area contributed by atoms with Crippen LogP contribution in [0.2, 0.25) is 0 Å². The van der Waals surface area contributed by atoms with Crippen molar-refractivity contribution in [3.8, 4) is 11.5 Å². The van der Waals surface area contributed by atoms with Gasteiger partial charge in [0, 0.05) is 11.3 Å². The first-order valence-corrected chi connectivity index (χ1v) is 9.17. The topological polar surface area (TPSA) is 107 Å². The Kier molecular flexibility index (Phi) is 3.75. The van der Waals surface area contributed by atoms with Gasteiger partial charge in [-0.1, -0.05) is 0 Å². The lowest BCUT2D eigenvalue weighted by Gasteiger charge is -2.08. The predicted molar refractivity (Wildman–Crippen MR) is 97.1 cm³/mol. The molecule has 1 aliphatic carbocycles. The van der Waals surface area contributed by atoms with Crippen molar-refractivity contribution in [3.63, 3.8) is 0 Å². The second-order valence-electron chi connectivity index (χ2n) is 6.10. The number of ether oxygens (including phenoxy) is 1. The average Bonchev–Trinajstić information content (AvgIpc) is 3.24. The second kappa shape index (κ2) is 6.40. The summed E-state index contributed by atoms with van der Waals surface area (Å²) in [5.41, 5.74) is 1.82. The number of nitrogens with one attached hydrogen (secondary N) is 1. The van der Waals surface area contributed by atoms with Gasteiger partial charge in [-0.05, 0) is 18.9 Å². The Hall–Kier alpha value is -3.40. The fourth-order valence-corrected chi connectivity index (χ4v) is 3.46. The molecule has 4 aromatic rings. The summed E-state index contributed by atoms with van der Waals surface area (Å²) in [4.78, 5) is 29.3. The Balaban J connectivity index is 1.45. The van der Waals surface area contributed by atoms with Crippen LogP contribution < -0.4 is 10.1 Å². The Labute approximate surface area is 157 Å². The third kappa shape index (κ3) is 3.22. The van der Waals surface area contributed by atoms with Crippen LogP contribution in [0.4, 0.5) is 5.13 Å². The number of hydrogen-bond acceptors (Lipinski definition) is 8. The summed E-state index contributed by atoms with van der Waals surface area (Å²) < 4.78 is 7.23. The van der Waals surface area contributed by atoms with E-state index in [1.54, 1.807) is 12.3 Å². The zero-order valence-corrected chi connectivity index (χ0v) is 14.8. The van der Waals surface area contributed by atoms with E-state index in [1.807, 2.05) is 5.38 Å². The van der Waals surface area contributed by atoms with Crippen molar-refractivity contribution >= 4 is 28.0 Å². The summed E-state index contributed by atoms with van der Waals surface area (Å²) in [6, 6.07) is 1.61. The van der Waals surface area contributed by atoms with Gasteiger partial charge in [-0.15, -0.1) is 11.3 Å². The molecule has 1 fully saturated rings. The lowest BCUT2D eigenvalue weighted by atomic mass is 10.2. The van der Waals surface area contributed by atoms with E-state index in [9.17, 15) is 4.79 Å². The molecule has 0 radical (unpaired) electrons. The van der Waals surface area contributed by atoms with Gasteiger partial charge in [0.2, 0.25) is 0 Å². The summed E-state index contributed by atoms with van der Waals surface area (Å²) in [6.45, 7) is 0. The number of rotatable bonds is 5. The summed E-state index contributed by atoms with van der Waals surface area (Å²) in [6.07, 6.45) is 9.84.